The molecule has 3 nitrogen and oxygen atoms in total. The van der Waals surface area contributed by atoms with Crippen molar-refractivity contribution in [1.29, 1.82) is 5.26 Å². The quantitative estimate of drug-likeness (QED) is 0.861. The molecule has 20 heavy (non-hydrogen) atoms. The van der Waals surface area contributed by atoms with Gasteiger partial charge in [-0.3, -0.25) is 4.90 Å². The Morgan fingerprint density at radius 1 is 1.30 bits per heavy atom. The van der Waals surface area contributed by atoms with Gasteiger partial charge in [0, 0.05) is 18.6 Å². The maximum atomic E-state index is 11.3. The van der Waals surface area contributed by atoms with E-state index in [1.54, 1.807) is 0 Å². The maximum absolute atomic E-state index is 11.3. The van der Waals surface area contributed by atoms with Gasteiger partial charge in [-0.05, 0) is 44.9 Å². The number of aliphatic hydroxyl groups is 1. The molecule has 3 fully saturated rings. The van der Waals surface area contributed by atoms with Gasteiger partial charge in [0.05, 0.1) is 17.1 Å². The highest BCUT2D eigenvalue weighted by atomic mass is 16.3. The maximum Gasteiger partial charge on any atom is 0.0974 e. The number of β-amino-alcohol motifs (C(OH)–C–C–N with tert-alkyl or cyclic N) is 1. The second-order valence-corrected chi connectivity index (χ2v) is 7.55. The summed E-state index contributed by atoms with van der Waals surface area (Å²) in [5.41, 5.74) is -1.28. The summed E-state index contributed by atoms with van der Waals surface area (Å²) in [6, 6.07) is 3.70. The van der Waals surface area contributed by atoms with Gasteiger partial charge >= 0.3 is 0 Å². The lowest BCUT2D eigenvalue weighted by molar-refractivity contribution is -0.0736. The molecule has 3 heteroatoms. The molecule has 0 spiro atoms. The van der Waals surface area contributed by atoms with E-state index >= 15 is 0 Å². The van der Waals surface area contributed by atoms with Crippen LogP contribution in [0.3, 0.4) is 0 Å². The third-order valence-electron chi connectivity index (χ3n) is 6.19. The highest BCUT2D eigenvalue weighted by molar-refractivity contribution is 5.18. The summed E-state index contributed by atoms with van der Waals surface area (Å²) < 4.78 is 0. The Balaban J connectivity index is 1.83. The average molecular weight is 276 g/mol. The molecule has 2 saturated carbocycles. The number of nitriles is 1. The SMILES string of the molecule is CCC1CCCC(C#N)(C2(O)CC(C)N(C3CC3)C2)C1. The minimum Gasteiger partial charge on any atom is -0.387 e. The smallest absolute Gasteiger partial charge is 0.0974 e. The molecule has 2 aliphatic carbocycles. The van der Waals surface area contributed by atoms with E-state index in [1.165, 1.54) is 19.3 Å². The van der Waals surface area contributed by atoms with Crippen LogP contribution in [-0.2, 0) is 0 Å². The predicted octanol–water partition coefficient (Wildman–Crippen LogP) is 3.08. The molecule has 0 radical (unpaired) electrons. The van der Waals surface area contributed by atoms with E-state index in [2.05, 4.69) is 24.8 Å². The Morgan fingerprint density at radius 3 is 2.65 bits per heavy atom. The second-order valence-electron chi connectivity index (χ2n) is 7.55. The first-order chi connectivity index (χ1) is 9.53. The summed E-state index contributed by atoms with van der Waals surface area (Å²) in [6.45, 7) is 5.17. The zero-order valence-corrected chi connectivity index (χ0v) is 12.9. The van der Waals surface area contributed by atoms with Crippen molar-refractivity contribution in [2.75, 3.05) is 6.54 Å². The van der Waals surface area contributed by atoms with Crippen LogP contribution < -0.4 is 0 Å². The van der Waals surface area contributed by atoms with Gasteiger partial charge in [-0.25, -0.2) is 0 Å². The highest BCUT2D eigenvalue weighted by Crippen LogP contribution is 2.53. The largest absolute Gasteiger partial charge is 0.387 e. The first kappa shape index (κ1) is 14.4. The lowest BCUT2D eigenvalue weighted by Gasteiger charge is -2.45. The summed E-state index contributed by atoms with van der Waals surface area (Å²) in [6.07, 6.45) is 8.61. The highest BCUT2D eigenvalue weighted by Gasteiger charge is 2.58. The third-order valence-corrected chi connectivity index (χ3v) is 6.19. The Morgan fingerprint density at radius 2 is 2.05 bits per heavy atom. The molecule has 0 aromatic rings. The van der Waals surface area contributed by atoms with E-state index < -0.39 is 11.0 Å². The molecule has 4 unspecified atom stereocenters. The average Bonchev–Trinajstić information content (AvgIpc) is 3.24. The fraction of sp³-hybridized carbons (Fsp3) is 0.941. The normalized spacial score (nSPS) is 46.3. The van der Waals surface area contributed by atoms with Crippen LogP contribution in [0.15, 0.2) is 0 Å². The van der Waals surface area contributed by atoms with Crippen molar-refractivity contribution in [1.82, 2.24) is 4.90 Å². The van der Waals surface area contributed by atoms with E-state index in [0.29, 0.717) is 18.0 Å². The molecule has 1 N–H and O–H groups in total. The lowest BCUT2D eigenvalue weighted by atomic mass is 9.60. The predicted molar refractivity (Wildman–Crippen MR) is 79.1 cm³/mol. The van der Waals surface area contributed by atoms with E-state index in [-0.39, 0.29) is 0 Å². The van der Waals surface area contributed by atoms with Crippen molar-refractivity contribution in [2.45, 2.75) is 82.9 Å². The Kier molecular flexibility index (Phi) is 3.59. The molecular weight excluding hydrogens is 248 g/mol. The van der Waals surface area contributed by atoms with E-state index in [0.717, 1.165) is 38.6 Å². The van der Waals surface area contributed by atoms with Crippen molar-refractivity contribution in [3.8, 4) is 6.07 Å². The van der Waals surface area contributed by atoms with Crippen LogP contribution in [0.1, 0.15) is 65.2 Å². The van der Waals surface area contributed by atoms with Crippen LogP contribution in [0.5, 0.6) is 0 Å². The van der Waals surface area contributed by atoms with Gasteiger partial charge < -0.3 is 5.11 Å². The molecule has 1 aliphatic heterocycles. The molecule has 112 valence electrons. The van der Waals surface area contributed by atoms with E-state index in [9.17, 15) is 10.4 Å². The van der Waals surface area contributed by atoms with Crippen LogP contribution in [0.2, 0.25) is 0 Å². The van der Waals surface area contributed by atoms with Crippen molar-refractivity contribution < 1.29 is 5.11 Å². The Hall–Kier alpha value is -0.590. The molecular formula is C17H28N2O. The molecule has 4 atom stereocenters. The fourth-order valence-electron chi connectivity index (χ4n) is 4.74. The van der Waals surface area contributed by atoms with Gasteiger partial charge in [-0.2, -0.15) is 5.26 Å². The van der Waals surface area contributed by atoms with Gasteiger partial charge in [-0.15, -0.1) is 0 Å². The van der Waals surface area contributed by atoms with Crippen LogP contribution >= 0.6 is 0 Å². The van der Waals surface area contributed by atoms with Crippen LogP contribution in [-0.4, -0.2) is 34.2 Å². The fourth-order valence-corrected chi connectivity index (χ4v) is 4.74. The molecule has 1 heterocycles. The first-order valence-corrected chi connectivity index (χ1v) is 8.43. The van der Waals surface area contributed by atoms with E-state index in [1.807, 2.05) is 0 Å². The van der Waals surface area contributed by atoms with Gasteiger partial charge in [0.15, 0.2) is 0 Å². The lowest BCUT2D eigenvalue weighted by Crippen LogP contribution is -2.52. The zero-order chi connectivity index (χ0) is 14.4. The summed E-state index contributed by atoms with van der Waals surface area (Å²) in [5.74, 6) is 0.623. The number of hydrogen-bond acceptors (Lipinski definition) is 3. The summed E-state index contributed by atoms with van der Waals surface area (Å²) in [5, 5.41) is 21.2. The number of likely N-dealkylation sites (tertiary alicyclic amines) is 1. The molecule has 1 saturated heterocycles. The topological polar surface area (TPSA) is 47.3 Å². The van der Waals surface area contributed by atoms with E-state index in [4.69, 9.17) is 0 Å². The zero-order valence-electron chi connectivity index (χ0n) is 12.9. The van der Waals surface area contributed by atoms with Gasteiger partial charge in [0.1, 0.15) is 0 Å². The summed E-state index contributed by atoms with van der Waals surface area (Å²) in [7, 11) is 0. The first-order valence-electron chi connectivity index (χ1n) is 8.43. The minimum absolute atomic E-state index is 0.430. The minimum atomic E-state index is -0.780. The third kappa shape index (κ3) is 2.18. The van der Waals surface area contributed by atoms with Crippen LogP contribution in [0.25, 0.3) is 0 Å². The molecule has 0 aromatic carbocycles. The Bertz CT molecular complexity index is 414. The van der Waals surface area contributed by atoms with Crippen LogP contribution in [0, 0.1) is 22.7 Å². The van der Waals surface area contributed by atoms with Crippen molar-refractivity contribution >= 4 is 0 Å². The standard InChI is InChI=1S/C17H28N2O/c1-3-14-5-4-8-16(10-14,11-18)17(20)9-13(2)19(12-17)15-6-7-15/h13-15,20H,3-10,12H2,1-2H3. The molecule has 0 aromatic heterocycles. The van der Waals surface area contributed by atoms with Crippen molar-refractivity contribution in [2.24, 2.45) is 11.3 Å². The summed E-state index contributed by atoms with van der Waals surface area (Å²) >= 11 is 0. The molecule has 3 aliphatic rings. The van der Waals surface area contributed by atoms with Crippen LogP contribution in [0.4, 0.5) is 0 Å². The monoisotopic (exact) mass is 276 g/mol. The number of nitrogens with zero attached hydrogens (tertiary/aromatic N) is 2. The van der Waals surface area contributed by atoms with Gasteiger partial charge in [0.2, 0.25) is 0 Å². The van der Waals surface area contributed by atoms with Gasteiger partial charge in [0.25, 0.3) is 0 Å². The van der Waals surface area contributed by atoms with Gasteiger partial charge in [-0.1, -0.05) is 26.2 Å². The Labute approximate surface area is 123 Å². The number of hydrogen-bond donors (Lipinski definition) is 1. The van der Waals surface area contributed by atoms with Crippen molar-refractivity contribution in [3.63, 3.8) is 0 Å². The number of rotatable bonds is 3. The molecule has 0 bridgehead atoms. The van der Waals surface area contributed by atoms with Crippen molar-refractivity contribution in [3.05, 3.63) is 0 Å². The molecule has 3 rings (SSSR count). The molecule has 0 amide bonds. The summed E-state index contributed by atoms with van der Waals surface area (Å²) in [4.78, 5) is 2.47. The second kappa shape index (κ2) is 5.00.